The van der Waals surface area contributed by atoms with Gasteiger partial charge in [0.2, 0.25) is 0 Å². The standard InChI is InChI=1S/C28H46O2/c1-3-5-7-9-11-13-15-25-18-22-27(23-19-25)30-28(29)26-20-16-24(17-21-26)14-12-10-8-6-4-2/h18-19,22-24,26H,3-17,20-21H2,1-2H3. The summed E-state index contributed by atoms with van der Waals surface area (Å²) in [4.78, 5) is 12.6. The summed E-state index contributed by atoms with van der Waals surface area (Å²) in [7, 11) is 0. The van der Waals surface area contributed by atoms with Gasteiger partial charge < -0.3 is 4.74 Å². The van der Waals surface area contributed by atoms with Gasteiger partial charge in [-0.25, -0.2) is 0 Å². The molecule has 0 unspecified atom stereocenters. The Labute approximate surface area is 186 Å². The van der Waals surface area contributed by atoms with Crippen LogP contribution in [0.5, 0.6) is 5.75 Å². The van der Waals surface area contributed by atoms with E-state index in [0.717, 1.165) is 25.2 Å². The van der Waals surface area contributed by atoms with Crippen LogP contribution in [-0.4, -0.2) is 5.97 Å². The highest BCUT2D eigenvalue weighted by Crippen LogP contribution is 2.33. The molecule has 2 heteroatoms. The summed E-state index contributed by atoms with van der Waals surface area (Å²) in [5, 5.41) is 0. The Balaban J connectivity index is 1.60. The van der Waals surface area contributed by atoms with Crippen molar-refractivity contribution in [1.82, 2.24) is 0 Å². The summed E-state index contributed by atoms with van der Waals surface area (Å²) in [6.45, 7) is 4.53. The molecule has 0 heterocycles. The number of hydrogen-bond acceptors (Lipinski definition) is 2. The van der Waals surface area contributed by atoms with Gasteiger partial charge in [-0.3, -0.25) is 4.79 Å². The van der Waals surface area contributed by atoms with E-state index < -0.39 is 0 Å². The molecule has 1 aliphatic rings. The second kappa shape index (κ2) is 15.5. The van der Waals surface area contributed by atoms with Gasteiger partial charge in [-0.15, -0.1) is 0 Å². The number of benzene rings is 1. The minimum absolute atomic E-state index is 0.0138. The number of carbonyl (C=O) groups excluding carboxylic acids is 1. The van der Waals surface area contributed by atoms with Crippen LogP contribution >= 0.6 is 0 Å². The quantitative estimate of drug-likeness (QED) is 0.163. The van der Waals surface area contributed by atoms with E-state index in [0.29, 0.717) is 5.75 Å². The number of hydrogen-bond donors (Lipinski definition) is 0. The molecule has 1 fully saturated rings. The van der Waals surface area contributed by atoms with Crippen molar-refractivity contribution in [3.63, 3.8) is 0 Å². The molecular weight excluding hydrogens is 368 g/mol. The van der Waals surface area contributed by atoms with Crippen molar-refractivity contribution in [2.75, 3.05) is 0 Å². The van der Waals surface area contributed by atoms with E-state index in [4.69, 9.17) is 4.74 Å². The summed E-state index contributed by atoms with van der Waals surface area (Å²) in [6.07, 6.45) is 21.7. The van der Waals surface area contributed by atoms with Gasteiger partial charge in [0.15, 0.2) is 0 Å². The molecule has 0 bridgehead atoms. The van der Waals surface area contributed by atoms with Crippen molar-refractivity contribution < 1.29 is 9.53 Å². The highest BCUT2D eigenvalue weighted by molar-refractivity contribution is 5.75. The number of ether oxygens (including phenoxy) is 1. The SMILES string of the molecule is CCCCCCCCc1ccc(OC(=O)C2CCC(CCCCCCC)CC2)cc1. The fourth-order valence-electron chi connectivity index (χ4n) is 4.76. The van der Waals surface area contributed by atoms with E-state index in [9.17, 15) is 4.79 Å². The highest BCUT2D eigenvalue weighted by atomic mass is 16.5. The Morgan fingerprint density at radius 3 is 1.97 bits per heavy atom. The molecule has 30 heavy (non-hydrogen) atoms. The first-order valence-electron chi connectivity index (χ1n) is 13.0. The Morgan fingerprint density at radius 2 is 1.33 bits per heavy atom. The minimum Gasteiger partial charge on any atom is -0.426 e. The van der Waals surface area contributed by atoms with E-state index in [1.165, 1.54) is 95.5 Å². The van der Waals surface area contributed by atoms with E-state index >= 15 is 0 Å². The molecule has 0 spiro atoms. The first kappa shape index (κ1) is 25.0. The molecule has 170 valence electrons. The molecule has 0 amide bonds. The van der Waals surface area contributed by atoms with Crippen LogP contribution in [0.3, 0.4) is 0 Å². The van der Waals surface area contributed by atoms with Gasteiger partial charge in [-0.2, -0.15) is 0 Å². The zero-order valence-corrected chi connectivity index (χ0v) is 19.8. The maximum absolute atomic E-state index is 12.6. The normalized spacial score (nSPS) is 19.0. The largest absolute Gasteiger partial charge is 0.426 e. The lowest BCUT2D eigenvalue weighted by Gasteiger charge is -2.27. The van der Waals surface area contributed by atoms with E-state index in [1.807, 2.05) is 12.1 Å². The third kappa shape index (κ3) is 10.1. The van der Waals surface area contributed by atoms with E-state index in [2.05, 4.69) is 26.0 Å². The zero-order valence-electron chi connectivity index (χ0n) is 19.8. The third-order valence-corrected chi connectivity index (χ3v) is 6.86. The molecule has 0 atom stereocenters. The predicted octanol–water partition coefficient (Wildman–Crippen LogP) is 8.66. The molecule has 0 N–H and O–H groups in total. The van der Waals surface area contributed by atoms with Crippen molar-refractivity contribution in [2.45, 2.75) is 123 Å². The number of unbranched alkanes of at least 4 members (excludes halogenated alkanes) is 9. The minimum atomic E-state index is -0.0138. The number of esters is 1. The highest BCUT2D eigenvalue weighted by Gasteiger charge is 2.27. The van der Waals surface area contributed by atoms with Crippen LogP contribution in [0, 0.1) is 11.8 Å². The summed E-state index contributed by atoms with van der Waals surface area (Å²) in [6, 6.07) is 8.21. The van der Waals surface area contributed by atoms with Crippen molar-refractivity contribution in [1.29, 1.82) is 0 Å². The van der Waals surface area contributed by atoms with Crippen LogP contribution in [0.2, 0.25) is 0 Å². The molecule has 0 saturated heterocycles. The van der Waals surface area contributed by atoms with E-state index in [-0.39, 0.29) is 11.9 Å². The van der Waals surface area contributed by atoms with Crippen LogP contribution in [0.4, 0.5) is 0 Å². The zero-order chi connectivity index (χ0) is 21.4. The third-order valence-electron chi connectivity index (χ3n) is 6.86. The predicted molar refractivity (Wildman–Crippen MR) is 128 cm³/mol. The monoisotopic (exact) mass is 414 g/mol. The summed E-state index contributed by atoms with van der Waals surface area (Å²) >= 11 is 0. The Morgan fingerprint density at radius 1 is 0.767 bits per heavy atom. The second-order valence-electron chi connectivity index (χ2n) is 9.50. The number of rotatable bonds is 15. The van der Waals surface area contributed by atoms with E-state index in [1.54, 1.807) is 0 Å². The first-order valence-corrected chi connectivity index (χ1v) is 13.0. The number of carbonyl (C=O) groups is 1. The lowest BCUT2D eigenvalue weighted by molar-refractivity contribution is -0.140. The van der Waals surface area contributed by atoms with Crippen LogP contribution in [-0.2, 0) is 11.2 Å². The van der Waals surface area contributed by atoms with Crippen molar-refractivity contribution >= 4 is 5.97 Å². The maximum Gasteiger partial charge on any atom is 0.314 e. The van der Waals surface area contributed by atoms with Gasteiger partial charge in [0, 0.05) is 0 Å². The molecule has 0 aliphatic heterocycles. The first-order chi connectivity index (χ1) is 14.7. The topological polar surface area (TPSA) is 26.3 Å². The average molecular weight is 415 g/mol. The van der Waals surface area contributed by atoms with Crippen LogP contribution in [0.25, 0.3) is 0 Å². The summed E-state index contributed by atoms with van der Waals surface area (Å²) in [5.74, 6) is 1.63. The molecule has 1 aliphatic carbocycles. The van der Waals surface area contributed by atoms with Crippen molar-refractivity contribution in [3.05, 3.63) is 29.8 Å². The van der Waals surface area contributed by atoms with Gasteiger partial charge in [0.25, 0.3) is 0 Å². The molecule has 1 aromatic carbocycles. The second-order valence-corrected chi connectivity index (χ2v) is 9.50. The number of aryl methyl sites for hydroxylation is 1. The molecule has 1 saturated carbocycles. The van der Waals surface area contributed by atoms with Gasteiger partial charge in [-0.05, 0) is 62.1 Å². The molecule has 0 aromatic heterocycles. The van der Waals surface area contributed by atoms with Gasteiger partial charge in [-0.1, -0.05) is 96.6 Å². The van der Waals surface area contributed by atoms with Gasteiger partial charge in [0.1, 0.15) is 5.75 Å². The molecule has 1 aromatic rings. The molecule has 0 radical (unpaired) electrons. The fourth-order valence-corrected chi connectivity index (χ4v) is 4.76. The van der Waals surface area contributed by atoms with Crippen molar-refractivity contribution in [3.8, 4) is 5.75 Å². The Bertz CT molecular complexity index is 555. The lowest BCUT2D eigenvalue weighted by atomic mass is 9.80. The average Bonchev–Trinajstić information content (AvgIpc) is 2.77. The lowest BCUT2D eigenvalue weighted by Crippen LogP contribution is -2.25. The van der Waals surface area contributed by atoms with Gasteiger partial charge in [0.05, 0.1) is 5.92 Å². The summed E-state index contributed by atoms with van der Waals surface area (Å²) in [5.41, 5.74) is 1.35. The maximum atomic E-state index is 12.6. The Hall–Kier alpha value is -1.31. The van der Waals surface area contributed by atoms with Crippen LogP contribution in [0.1, 0.15) is 122 Å². The van der Waals surface area contributed by atoms with Gasteiger partial charge >= 0.3 is 5.97 Å². The fraction of sp³-hybridized carbons (Fsp3) is 0.750. The van der Waals surface area contributed by atoms with Crippen LogP contribution < -0.4 is 4.74 Å². The Kier molecular flexibility index (Phi) is 12.9. The van der Waals surface area contributed by atoms with Crippen LogP contribution in [0.15, 0.2) is 24.3 Å². The molecule has 2 rings (SSSR count). The van der Waals surface area contributed by atoms with Crippen molar-refractivity contribution in [2.24, 2.45) is 11.8 Å². The smallest absolute Gasteiger partial charge is 0.314 e. The molecular formula is C28H46O2. The summed E-state index contributed by atoms with van der Waals surface area (Å²) < 4.78 is 5.70. The molecule has 2 nitrogen and oxygen atoms in total.